The van der Waals surface area contributed by atoms with Crippen LogP contribution in [0.3, 0.4) is 0 Å². The molecule has 1 amide bonds. The number of rotatable bonds is 7. The fourth-order valence-electron chi connectivity index (χ4n) is 1.93. The number of aryl methyl sites for hydroxylation is 1. The number of carbonyl (C=O) groups is 1. The first-order valence-electron chi connectivity index (χ1n) is 6.76. The average molecular weight is 248 g/mol. The van der Waals surface area contributed by atoms with Gasteiger partial charge >= 0.3 is 0 Å². The van der Waals surface area contributed by atoms with Crippen molar-refractivity contribution in [1.82, 2.24) is 5.32 Å². The van der Waals surface area contributed by atoms with E-state index in [4.69, 9.17) is 5.73 Å². The van der Waals surface area contributed by atoms with Crippen LogP contribution in [0.1, 0.15) is 38.7 Å². The van der Waals surface area contributed by atoms with Crippen LogP contribution >= 0.6 is 0 Å². The molecule has 0 spiro atoms. The van der Waals surface area contributed by atoms with Crippen LogP contribution in [0, 0.1) is 5.92 Å². The molecule has 100 valence electrons. The van der Waals surface area contributed by atoms with Crippen LogP contribution in [-0.2, 0) is 11.2 Å². The summed E-state index contributed by atoms with van der Waals surface area (Å²) in [5, 5.41) is 3.00. The molecule has 0 radical (unpaired) electrons. The summed E-state index contributed by atoms with van der Waals surface area (Å²) in [4.78, 5) is 11.7. The maximum absolute atomic E-state index is 11.7. The van der Waals surface area contributed by atoms with Gasteiger partial charge in [0.15, 0.2) is 0 Å². The summed E-state index contributed by atoms with van der Waals surface area (Å²) in [5.74, 6) is 0.727. The van der Waals surface area contributed by atoms with Gasteiger partial charge in [-0.1, -0.05) is 38.8 Å². The lowest BCUT2D eigenvalue weighted by Crippen LogP contribution is -2.29. The lowest BCUT2D eigenvalue weighted by molar-refractivity contribution is -0.121. The van der Waals surface area contributed by atoms with Crippen molar-refractivity contribution in [3.8, 4) is 0 Å². The molecular formula is C15H24N2O. The van der Waals surface area contributed by atoms with E-state index in [0.29, 0.717) is 12.3 Å². The quantitative estimate of drug-likeness (QED) is 0.729. The molecule has 0 aliphatic rings. The number of carbonyl (C=O) groups excluding carboxylic acids is 1. The van der Waals surface area contributed by atoms with Gasteiger partial charge in [0, 0.05) is 18.7 Å². The van der Waals surface area contributed by atoms with E-state index in [1.54, 1.807) is 0 Å². The van der Waals surface area contributed by atoms with Crippen LogP contribution in [0.5, 0.6) is 0 Å². The van der Waals surface area contributed by atoms with Gasteiger partial charge in [0.25, 0.3) is 0 Å². The molecule has 0 heterocycles. The molecule has 3 N–H and O–H groups in total. The van der Waals surface area contributed by atoms with Crippen LogP contribution in [0.2, 0.25) is 0 Å². The fraction of sp³-hybridized carbons (Fsp3) is 0.533. The third-order valence-electron chi connectivity index (χ3n) is 3.33. The number of nitrogen functional groups attached to an aromatic ring is 1. The molecule has 0 aliphatic heterocycles. The molecule has 3 nitrogen and oxygen atoms in total. The van der Waals surface area contributed by atoms with Crippen molar-refractivity contribution in [2.24, 2.45) is 5.92 Å². The molecule has 0 aliphatic carbocycles. The molecule has 0 aromatic heterocycles. The van der Waals surface area contributed by atoms with E-state index < -0.39 is 0 Å². The van der Waals surface area contributed by atoms with E-state index in [-0.39, 0.29) is 5.91 Å². The summed E-state index contributed by atoms with van der Waals surface area (Å²) < 4.78 is 0. The minimum absolute atomic E-state index is 0.129. The van der Waals surface area contributed by atoms with Crippen LogP contribution in [0.4, 0.5) is 5.69 Å². The fourth-order valence-corrected chi connectivity index (χ4v) is 1.93. The third kappa shape index (κ3) is 5.21. The molecule has 3 heteroatoms. The second-order valence-corrected chi connectivity index (χ2v) is 4.73. The van der Waals surface area contributed by atoms with Crippen molar-refractivity contribution in [2.45, 2.75) is 39.5 Å². The topological polar surface area (TPSA) is 55.1 Å². The van der Waals surface area contributed by atoms with E-state index in [1.807, 2.05) is 24.3 Å². The van der Waals surface area contributed by atoms with Gasteiger partial charge in [-0.25, -0.2) is 0 Å². The third-order valence-corrected chi connectivity index (χ3v) is 3.33. The predicted molar refractivity (Wildman–Crippen MR) is 76.3 cm³/mol. The number of benzene rings is 1. The van der Waals surface area contributed by atoms with Crippen molar-refractivity contribution in [2.75, 3.05) is 12.3 Å². The Kier molecular flexibility index (Phi) is 6.26. The maximum Gasteiger partial charge on any atom is 0.220 e. The number of hydrogen-bond donors (Lipinski definition) is 2. The van der Waals surface area contributed by atoms with Gasteiger partial charge in [0.2, 0.25) is 5.91 Å². The SMILES string of the molecule is CCC(CC)CNC(=O)CCc1cccc(N)c1. The summed E-state index contributed by atoms with van der Waals surface area (Å²) in [6.45, 7) is 5.11. The molecule has 0 bridgehead atoms. The van der Waals surface area contributed by atoms with E-state index in [0.717, 1.165) is 37.1 Å². The number of nitrogens with two attached hydrogens (primary N) is 1. The number of nitrogens with one attached hydrogen (secondary N) is 1. The summed E-state index contributed by atoms with van der Waals surface area (Å²) in [6, 6.07) is 7.71. The minimum Gasteiger partial charge on any atom is -0.399 e. The van der Waals surface area contributed by atoms with E-state index in [1.165, 1.54) is 0 Å². The maximum atomic E-state index is 11.7. The summed E-state index contributed by atoms with van der Waals surface area (Å²) >= 11 is 0. The number of amides is 1. The lowest BCUT2D eigenvalue weighted by atomic mass is 10.0. The average Bonchev–Trinajstić information content (AvgIpc) is 2.37. The first-order chi connectivity index (χ1) is 8.65. The van der Waals surface area contributed by atoms with Gasteiger partial charge < -0.3 is 11.1 Å². The molecule has 0 saturated carbocycles. The van der Waals surface area contributed by atoms with E-state index >= 15 is 0 Å². The highest BCUT2D eigenvalue weighted by Crippen LogP contribution is 2.09. The highest BCUT2D eigenvalue weighted by molar-refractivity contribution is 5.76. The summed E-state index contributed by atoms with van der Waals surface area (Å²) in [5.41, 5.74) is 7.57. The van der Waals surface area contributed by atoms with Crippen molar-refractivity contribution >= 4 is 11.6 Å². The van der Waals surface area contributed by atoms with Crippen LogP contribution < -0.4 is 11.1 Å². The molecule has 1 aromatic rings. The van der Waals surface area contributed by atoms with E-state index in [9.17, 15) is 4.79 Å². The van der Waals surface area contributed by atoms with Crippen LogP contribution in [-0.4, -0.2) is 12.5 Å². The molecule has 0 atom stereocenters. The van der Waals surface area contributed by atoms with E-state index in [2.05, 4.69) is 19.2 Å². The Balaban J connectivity index is 2.29. The highest BCUT2D eigenvalue weighted by atomic mass is 16.1. The van der Waals surface area contributed by atoms with Crippen molar-refractivity contribution in [3.05, 3.63) is 29.8 Å². The largest absolute Gasteiger partial charge is 0.399 e. The molecular weight excluding hydrogens is 224 g/mol. The Morgan fingerprint density at radius 2 is 2.06 bits per heavy atom. The number of hydrogen-bond acceptors (Lipinski definition) is 2. The highest BCUT2D eigenvalue weighted by Gasteiger charge is 2.06. The Morgan fingerprint density at radius 1 is 1.33 bits per heavy atom. The summed E-state index contributed by atoms with van der Waals surface area (Å²) in [6.07, 6.45) is 3.52. The molecule has 0 fully saturated rings. The van der Waals surface area contributed by atoms with Gasteiger partial charge in [-0.15, -0.1) is 0 Å². The van der Waals surface area contributed by atoms with Crippen LogP contribution in [0.15, 0.2) is 24.3 Å². The van der Waals surface area contributed by atoms with Crippen molar-refractivity contribution in [3.63, 3.8) is 0 Å². The smallest absolute Gasteiger partial charge is 0.220 e. The Labute approximate surface area is 110 Å². The number of anilines is 1. The Morgan fingerprint density at radius 3 is 2.67 bits per heavy atom. The van der Waals surface area contributed by atoms with Gasteiger partial charge in [-0.2, -0.15) is 0 Å². The summed E-state index contributed by atoms with van der Waals surface area (Å²) in [7, 11) is 0. The predicted octanol–water partition coefficient (Wildman–Crippen LogP) is 2.75. The molecule has 18 heavy (non-hydrogen) atoms. The lowest BCUT2D eigenvalue weighted by Gasteiger charge is -2.13. The van der Waals surface area contributed by atoms with Gasteiger partial charge in [-0.05, 0) is 30.0 Å². The first kappa shape index (κ1) is 14.6. The second kappa shape index (κ2) is 7.75. The van der Waals surface area contributed by atoms with Crippen molar-refractivity contribution < 1.29 is 4.79 Å². The zero-order valence-electron chi connectivity index (χ0n) is 11.4. The van der Waals surface area contributed by atoms with Crippen LogP contribution in [0.25, 0.3) is 0 Å². The zero-order chi connectivity index (χ0) is 13.4. The Hall–Kier alpha value is -1.51. The van der Waals surface area contributed by atoms with Crippen molar-refractivity contribution in [1.29, 1.82) is 0 Å². The molecule has 0 saturated heterocycles. The standard InChI is InChI=1S/C15H24N2O/c1-3-12(4-2)11-17-15(18)9-8-13-6-5-7-14(16)10-13/h5-7,10,12H,3-4,8-9,11,16H2,1-2H3,(H,17,18). The normalized spacial score (nSPS) is 10.6. The Bertz CT molecular complexity index is 373. The molecule has 1 rings (SSSR count). The second-order valence-electron chi connectivity index (χ2n) is 4.73. The van der Waals surface area contributed by atoms with Gasteiger partial charge in [0.1, 0.15) is 0 Å². The minimum atomic E-state index is 0.129. The molecule has 0 unspecified atom stereocenters. The molecule has 1 aromatic carbocycles. The van der Waals surface area contributed by atoms with Gasteiger partial charge in [-0.3, -0.25) is 4.79 Å². The monoisotopic (exact) mass is 248 g/mol. The first-order valence-corrected chi connectivity index (χ1v) is 6.76. The zero-order valence-corrected chi connectivity index (χ0v) is 11.4. The van der Waals surface area contributed by atoms with Gasteiger partial charge in [0.05, 0.1) is 0 Å².